The maximum Gasteiger partial charge on any atom is 0.157 e. The molecule has 2 aromatic heterocycles. The molecule has 4 heteroatoms. The highest BCUT2D eigenvalue weighted by molar-refractivity contribution is 5.73. The fraction of sp³-hybridized carbons (Fsp3) is 0.250. The van der Waals surface area contributed by atoms with Gasteiger partial charge in [0.2, 0.25) is 0 Å². The van der Waals surface area contributed by atoms with Crippen molar-refractivity contribution >= 4 is 11.0 Å². The molecule has 12 heavy (non-hydrogen) atoms. The summed E-state index contributed by atoms with van der Waals surface area (Å²) in [5.74, 6) is 0. The minimum absolute atomic E-state index is 0.0906. The molecule has 0 saturated heterocycles. The van der Waals surface area contributed by atoms with E-state index < -0.39 is 0 Å². The molecule has 4 nitrogen and oxygen atoms in total. The zero-order valence-electron chi connectivity index (χ0n) is 6.51. The zero-order chi connectivity index (χ0) is 8.39. The number of aliphatic hydroxyl groups excluding tert-OH is 1. The summed E-state index contributed by atoms with van der Waals surface area (Å²) in [6.45, 7) is 0.591. The van der Waals surface area contributed by atoms with E-state index in [1.54, 1.807) is 17.1 Å². The van der Waals surface area contributed by atoms with Crippen molar-refractivity contribution in [2.75, 3.05) is 6.61 Å². The fourth-order valence-electron chi connectivity index (χ4n) is 1.17. The average Bonchev–Trinajstić information content (AvgIpc) is 2.50. The molecule has 0 amide bonds. The molecule has 0 atom stereocenters. The standard InChI is InChI=1S/C8H9N3O/c12-5-4-11-8-7(6-10-11)2-1-3-9-8/h1-3,6,12H,4-5H2. The number of hydrogen-bond acceptors (Lipinski definition) is 3. The first kappa shape index (κ1) is 7.24. The van der Waals surface area contributed by atoms with Crippen LogP contribution >= 0.6 is 0 Å². The van der Waals surface area contributed by atoms with E-state index in [0.29, 0.717) is 6.54 Å². The largest absolute Gasteiger partial charge is 0.394 e. The molecule has 0 aliphatic carbocycles. The summed E-state index contributed by atoms with van der Waals surface area (Å²) >= 11 is 0. The summed E-state index contributed by atoms with van der Waals surface area (Å²) in [6.07, 6.45) is 3.47. The molecule has 0 aliphatic heterocycles. The minimum Gasteiger partial charge on any atom is -0.394 e. The zero-order valence-corrected chi connectivity index (χ0v) is 6.51. The third-order valence-electron chi connectivity index (χ3n) is 1.71. The van der Waals surface area contributed by atoms with E-state index in [9.17, 15) is 0 Å². The number of nitrogens with zero attached hydrogens (tertiary/aromatic N) is 3. The van der Waals surface area contributed by atoms with Gasteiger partial charge in [0.25, 0.3) is 0 Å². The second kappa shape index (κ2) is 2.91. The first-order chi connectivity index (χ1) is 5.92. The lowest BCUT2D eigenvalue weighted by atomic mass is 10.4. The van der Waals surface area contributed by atoms with Crippen molar-refractivity contribution in [3.05, 3.63) is 24.5 Å². The van der Waals surface area contributed by atoms with Gasteiger partial charge in [0, 0.05) is 11.6 Å². The molecule has 0 bridgehead atoms. The SMILES string of the molecule is OCCn1ncc2cccnc21. The van der Waals surface area contributed by atoms with Gasteiger partial charge in [-0.2, -0.15) is 5.10 Å². The second-order valence-corrected chi connectivity index (χ2v) is 2.51. The molecular formula is C8H9N3O. The van der Waals surface area contributed by atoms with Gasteiger partial charge < -0.3 is 5.11 Å². The van der Waals surface area contributed by atoms with E-state index in [4.69, 9.17) is 5.11 Å². The molecular weight excluding hydrogens is 154 g/mol. The quantitative estimate of drug-likeness (QED) is 0.698. The van der Waals surface area contributed by atoms with Crippen LogP contribution in [0.4, 0.5) is 0 Å². The predicted molar refractivity (Wildman–Crippen MR) is 44.6 cm³/mol. The van der Waals surface area contributed by atoms with E-state index in [-0.39, 0.29) is 6.61 Å². The van der Waals surface area contributed by atoms with E-state index in [2.05, 4.69) is 10.1 Å². The van der Waals surface area contributed by atoms with Crippen LogP contribution in [0, 0.1) is 0 Å². The number of aliphatic hydroxyl groups is 1. The molecule has 2 rings (SSSR count). The van der Waals surface area contributed by atoms with E-state index >= 15 is 0 Å². The Hall–Kier alpha value is -1.42. The third kappa shape index (κ3) is 1.06. The van der Waals surface area contributed by atoms with Crippen molar-refractivity contribution in [1.82, 2.24) is 14.8 Å². The highest BCUT2D eigenvalue weighted by atomic mass is 16.3. The van der Waals surface area contributed by atoms with Crippen molar-refractivity contribution in [3.8, 4) is 0 Å². The smallest absolute Gasteiger partial charge is 0.157 e. The molecule has 2 aromatic rings. The van der Waals surface area contributed by atoms with Crippen molar-refractivity contribution in [3.63, 3.8) is 0 Å². The average molecular weight is 163 g/mol. The molecule has 0 radical (unpaired) electrons. The fourth-order valence-corrected chi connectivity index (χ4v) is 1.17. The summed E-state index contributed by atoms with van der Waals surface area (Å²) in [4.78, 5) is 4.15. The van der Waals surface area contributed by atoms with Gasteiger partial charge in [-0.25, -0.2) is 9.67 Å². The topological polar surface area (TPSA) is 50.9 Å². The van der Waals surface area contributed by atoms with Crippen LogP contribution in [0.15, 0.2) is 24.5 Å². The van der Waals surface area contributed by atoms with Gasteiger partial charge in [0.05, 0.1) is 19.3 Å². The van der Waals surface area contributed by atoms with Crippen LogP contribution in [0.25, 0.3) is 11.0 Å². The molecule has 1 N–H and O–H groups in total. The number of aromatic nitrogens is 3. The maximum absolute atomic E-state index is 8.71. The van der Waals surface area contributed by atoms with E-state index in [1.165, 1.54) is 0 Å². The summed E-state index contributed by atoms with van der Waals surface area (Å²) < 4.78 is 1.69. The summed E-state index contributed by atoms with van der Waals surface area (Å²) in [5.41, 5.74) is 0.826. The Morgan fingerprint density at radius 1 is 1.50 bits per heavy atom. The first-order valence-electron chi connectivity index (χ1n) is 3.79. The Kier molecular flexibility index (Phi) is 1.75. The number of pyridine rings is 1. The lowest BCUT2D eigenvalue weighted by Gasteiger charge is -1.97. The number of rotatable bonds is 2. The van der Waals surface area contributed by atoms with Crippen LogP contribution in [0.5, 0.6) is 0 Å². The van der Waals surface area contributed by atoms with Crippen molar-refractivity contribution in [2.24, 2.45) is 0 Å². The van der Waals surface area contributed by atoms with Gasteiger partial charge in [-0.1, -0.05) is 0 Å². The normalized spacial score (nSPS) is 10.8. The molecule has 62 valence electrons. The molecule has 0 spiro atoms. The molecule has 0 aromatic carbocycles. The van der Waals surface area contributed by atoms with Gasteiger partial charge in [-0.3, -0.25) is 0 Å². The van der Waals surface area contributed by atoms with Gasteiger partial charge in [-0.05, 0) is 12.1 Å². The Morgan fingerprint density at radius 3 is 3.25 bits per heavy atom. The van der Waals surface area contributed by atoms with Crippen LogP contribution < -0.4 is 0 Å². The predicted octanol–water partition coefficient (Wildman–Crippen LogP) is 0.424. The summed E-state index contributed by atoms with van der Waals surface area (Å²) in [6, 6.07) is 3.82. The Morgan fingerprint density at radius 2 is 2.42 bits per heavy atom. The van der Waals surface area contributed by atoms with Gasteiger partial charge in [0.15, 0.2) is 5.65 Å². The van der Waals surface area contributed by atoms with Gasteiger partial charge in [-0.15, -0.1) is 0 Å². The van der Waals surface area contributed by atoms with Crippen molar-refractivity contribution < 1.29 is 5.11 Å². The molecule has 0 unspecified atom stereocenters. The maximum atomic E-state index is 8.71. The number of fused-ring (bicyclic) bond motifs is 1. The highest BCUT2D eigenvalue weighted by Gasteiger charge is 2.00. The Labute approximate surface area is 69.5 Å². The Bertz CT molecular complexity index is 382. The van der Waals surface area contributed by atoms with Crippen LogP contribution in [0.1, 0.15) is 0 Å². The summed E-state index contributed by atoms with van der Waals surface area (Å²) in [7, 11) is 0. The van der Waals surface area contributed by atoms with Crippen LogP contribution in [-0.2, 0) is 6.54 Å². The first-order valence-corrected chi connectivity index (χ1v) is 3.79. The highest BCUT2D eigenvalue weighted by Crippen LogP contribution is 2.08. The lowest BCUT2D eigenvalue weighted by Crippen LogP contribution is -2.03. The summed E-state index contributed by atoms with van der Waals surface area (Å²) in [5, 5.41) is 13.8. The van der Waals surface area contributed by atoms with Crippen LogP contribution in [-0.4, -0.2) is 26.5 Å². The molecule has 2 heterocycles. The van der Waals surface area contributed by atoms with Crippen LogP contribution in [0.2, 0.25) is 0 Å². The third-order valence-corrected chi connectivity index (χ3v) is 1.71. The van der Waals surface area contributed by atoms with Gasteiger partial charge >= 0.3 is 0 Å². The second-order valence-electron chi connectivity index (χ2n) is 2.51. The van der Waals surface area contributed by atoms with Crippen LogP contribution in [0.3, 0.4) is 0 Å². The minimum atomic E-state index is 0.0906. The molecule has 0 fully saturated rings. The molecule has 0 aliphatic rings. The lowest BCUT2D eigenvalue weighted by molar-refractivity contribution is 0.271. The van der Waals surface area contributed by atoms with Crippen molar-refractivity contribution in [2.45, 2.75) is 6.54 Å². The number of hydrogen-bond donors (Lipinski definition) is 1. The van der Waals surface area contributed by atoms with E-state index in [0.717, 1.165) is 11.0 Å². The van der Waals surface area contributed by atoms with Crippen molar-refractivity contribution in [1.29, 1.82) is 0 Å². The monoisotopic (exact) mass is 163 g/mol. The van der Waals surface area contributed by atoms with E-state index in [1.807, 2.05) is 12.1 Å². The van der Waals surface area contributed by atoms with Gasteiger partial charge in [0.1, 0.15) is 0 Å². The molecule has 0 saturated carbocycles. The Balaban J connectivity index is 2.55.